The summed E-state index contributed by atoms with van der Waals surface area (Å²) < 4.78 is 17.1. The second kappa shape index (κ2) is 5.56. The van der Waals surface area contributed by atoms with Gasteiger partial charge >= 0.3 is 0 Å². The quantitative estimate of drug-likeness (QED) is 0.870. The van der Waals surface area contributed by atoms with Crippen molar-refractivity contribution >= 4 is 5.69 Å². The molecule has 0 saturated heterocycles. The summed E-state index contributed by atoms with van der Waals surface area (Å²) in [7, 11) is 7.20. The number of benzene rings is 2. The van der Waals surface area contributed by atoms with E-state index in [0.717, 1.165) is 35.4 Å². The van der Waals surface area contributed by atoms with E-state index in [1.807, 2.05) is 12.1 Å². The molecule has 0 bridgehead atoms. The van der Waals surface area contributed by atoms with E-state index in [4.69, 9.17) is 14.2 Å². The molecule has 4 rings (SSSR count). The van der Waals surface area contributed by atoms with Crippen molar-refractivity contribution in [3.05, 3.63) is 41.0 Å². The predicted molar refractivity (Wildman–Crippen MR) is 96.9 cm³/mol. The van der Waals surface area contributed by atoms with Crippen LogP contribution in [0.25, 0.3) is 0 Å². The lowest BCUT2D eigenvalue weighted by Crippen LogP contribution is -2.50. The molecule has 2 aliphatic heterocycles. The van der Waals surface area contributed by atoms with Crippen LogP contribution in [0.2, 0.25) is 0 Å². The fraction of sp³-hybridized carbons (Fsp3) is 0.400. The van der Waals surface area contributed by atoms with Crippen LogP contribution < -0.4 is 18.7 Å². The van der Waals surface area contributed by atoms with E-state index in [-0.39, 0.29) is 11.8 Å². The zero-order valence-electron chi connectivity index (χ0n) is 15.1. The van der Waals surface area contributed by atoms with Gasteiger partial charge in [-0.15, -0.1) is 0 Å². The van der Waals surface area contributed by atoms with Gasteiger partial charge in [0, 0.05) is 30.0 Å². The van der Waals surface area contributed by atoms with Gasteiger partial charge in [0.05, 0.1) is 34.9 Å². The van der Waals surface area contributed by atoms with E-state index in [9.17, 15) is 5.11 Å². The fourth-order valence-corrected chi connectivity index (χ4v) is 4.49. The molecule has 5 heteroatoms. The standard InChI is InChI=1S/C20H23NO4/c1-21-6-5-12-8-18(23-2)17(22)10-14(12)16(21)7-13-9-19(24-3)20(25-4)11-15(13)21/h8-11,16H,5-7H2,1-4H3/p+1/t16-,21?/m0/s1. The third-order valence-corrected chi connectivity index (χ3v) is 5.88. The maximum Gasteiger partial charge on any atom is 0.166 e. The topological polar surface area (TPSA) is 47.9 Å². The molecule has 2 aromatic rings. The molecule has 0 fully saturated rings. The van der Waals surface area contributed by atoms with Crippen molar-refractivity contribution in [1.29, 1.82) is 0 Å². The minimum Gasteiger partial charge on any atom is -0.504 e. The van der Waals surface area contributed by atoms with Crippen LogP contribution in [-0.2, 0) is 12.8 Å². The number of nitrogens with zero attached hydrogens (tertiary/aromatic N) is 1. The molecule has 0 aliphatic carbocycles. The second-order valence-corrected chi connectivity index (χ2v) is 7.02. The van der Waals surface area contributed by atoms with Gasteiger partial charge in [-0.2, -0.15) is 0 Å². The number of phenolic OH excluding ortho intramolecular Hbond substituents is 1. The van der Waals surface area contributed by atoms with E-state index in [0.29, 0.717) is 5.75 Å². The fourth-order valence-electron chi connectivity index (χ4n) is 4.49. The minimum atomic E-state index is 0.209. The largest absolute Gasteiger partial charge is 0.504 e. The molecular formula is C20H24NO4+. The van der Waals surface area contributed by atoms with Crippen molar-refractivity contribution in [3.63, 3.8) is 0 Å². The molecule has 5 nitrogen and oxygen atoms in total. The lowest BCUT2D eigenvalue weighted by atomic mass is 9.90. The Hall–Kier alpha value is -2.40. The molecule has 132 valence electrons. The van der Waals surface area contributed by atoms with Crippen LogP contribution in [0.4, 0.5) is 5.69 Å². The Labute approximate surface area is 148 Å². The molecule has 1 unspecified atom stereocenters. The summed E-state index contributed by atoms with van der Waals surface area (Å²) in [6, 6.07) is 8.36. The van der Waals surface area contributed by atoms with Crippen LogP contribution in [0, 0.1) is 0 Å². The zero-order valence-corrected chi connectivity index (χ0v) is 15.1. The van der Waals surface area contributed by atoms with Crippen molar-refractivity contribution in [2.75, 3.05) is 34.9 Å². The minimum absolute atomic E-state index is 0.209. The summed E-state index contributed by atoms with van der Waals surface area (Å²) >= 11 is 0. The van der Waals surface area contributed by atoms with Gasteiger partial charge in [-0.1, -0.05) is 0 Å². The molecule has 0 amide bonds. The lowest BCUT2D eigenvalue weighted by molar-refractivity contribution is 0.251. The molecule has 25 heavy (non-hydrogen) atoms. The highest BCUT2D eigenvalue weighted by Gasteiger charge is 2.48. The summed E-state index contributed by atoms with van der Waals surface area (Å²) in [4.78, 5) is 0. The first-order valence-corrected chi connectivity index (χ1v) is 8.52. The Balaban J connectivity index is 1.85. The van der Waals surface area contributed by atoms with Crippen LogP contribution in [0.15, 0.2) is 24.3 Å². The van der Waals surface area contributed by atoms with E-state index in [2.05, 4.69) is 19.2 Å². The van der Waals surface area contributed by atoms with Crippen LogP contribution in [-0.4, -0.2) is 40.0 Å². The Morgan fingerprint density at radius 1 is 0.920 bits per heavy atom. The predicted octanol–water partition coefficient (Wildman–Crippen LogP) is 3.21. The maximum atomic E-state index is 10.3. The number of fused-ring (bicyclic) bond motifs is 5. The number of hydrogen-bond acceptors (Lipinski definition) is 4. The molecule has 2 atom stereocenters. The number of rotatable bonds is 3. The van der Waals surface area contributed by atoms with Crippen molar-refractivity contribution in [2.24, 2.45) is 0 Å². The van der Waals surface area contributed by atoms with Crippen molar-refractivity contribution < 1.29 is 19.3 Å². The van der Waals surface area contributed by atoms with Crippen LogP contribution in [0.5, 0.6) is 23.0 Å². The van der Waals surface area contributed by atoms with Crippen molar-refractivity contribution in [3.8, 4) is 23.0 Å². The molecule has 0 saturated carbocycles. The molecule has 2 aliphatic rings. The summed E-state index contributed by atoms with van der Waals surface area (Å²) in [5.41, 5.74) is 5.04. The number of quaternary nitrogens is 1. The van der Waals surface area contributed by atoms with Crippen LogP contribution >= 0.6 is 0 Å². The Bertz CT molecular complexity index is 848. The molecule has 2 heterocycles. The maximum absolute atomic E-state index is 10.3. The molecule has 0 aromatic heterocycles. The number of methoxy groups -OCH3 is 3. The normalized spacial score (nSPS) is 23.4. The highest BCUT2D eigenvalue weighted by Crippen LogP contribution is 2.52. The summed E-state index contributed by atoms with van der Waals surface area (Å²) in [5, 5.41) is 10.3. The summed E-state index contributed by atoms with van der Waals surface area (Å²) in [5.74, 6) is 2.30. The first-order chi connectivity index (χ1) is 12.0. The number of aromatic hydroxyl groups is 1. The van der Waals surface area contributed by atoms with Gasteiger partial charge in [0.2, 0.25) is 0 Å². The third-order valence-electron chi connectivity index (χ3n) is 5.88. The highest BCUT2D eigenvalue weighted by molar-refractivity contribution is 5.66. The molecule has 2 aromatic carbocycles. The molecule has 0 spiro atoms. The molecule has 1 N–H and O–H groups in total. The van der Waals surface area contributed by atoms with Gasteiger partial charge in [-0.25, -0.2) is 0 Å². The van der Waals surface area contributed by atoms with E-state index < -0.39 is 0 Å². The average molecular weight is 342 g/mol. The Kier molecular flexibility index (Phi) is 3.58. The van der Waals surface area contributed by atoms with Gasteiger partial charge in [0.25, 0.3) is 0 Å². The SMILES string of the molecule is COc1cc2c(cc1O)[C@@H]1Cc3cc(OC)c(OC)cc3[N+]1(C)CC2. The van der Waals surface area contributed by atoms with Gasteiger partial charge in [0.1, 0.15) is 11.7 Å². The Morgan fingerprint density at radius 3 is 2.24 bits per heavy atom. The van der Waals surface area contributed by atoms with Gasteiger partial charge in [-0.3, -0.25) is 4.48 Å². The monoisotopic (exact) mass is 342 g/mol. The second-order valence-electron chi connectivity index (χ2n) is 7.02. The van der Waals surface area contributed by atoms with E-state index in [1.54, 1.807) is 21.3 Å². The highest BCUT2D eigenvalue weighted by atomic mass is 16.5. The van der Waals surface area contributed by atoms with Gasteiger partial charge < -0.3 is 19.3 Å². The van der Waals surface area contributed by atoms with Crippen molar-refractivity contribution in [1.82, 2.24) is 4.48 Å². The summed E-state index contributed by atoms with van der Waals surface area (Å²) in [6.07, 6.45) is 1.87. The zero-order chi connectivity index (χ0) is 17.8. The van der Waals surface area contributed by atoms with Gasteiger partial charge in [0.15, 0.2) is 23.0 Å². The summed E-state index contributed by atoms with van der Waals surface area (Å²) in [6.45, 7) is 1.01. The van der Waals surface area contributed by atoms with Crippen LogP contribution in [0.1, 0.15) is 22.7 Å². The third kappa shape index (κ3) is 2.19. The Morgan fingerprint density at radius 2 is 1.56 bits per heavy atom. The number of hydrogen-bond donors (Lipinski definition) is 1. The first-order valence-electron chi connectivity index (χ1n) is 8.52. The van der Waals surface area contributed by atoms with Crippen LogP contribution in [0.3, 0.4) is 0 Å². The number of phenols is 1. The number of ether oxygens (including phenoxy) is 3. The van der Waals surface area contributed by atoms with Crippen molar-refractivity contribution in [2.45, 2.75) is 18.9 Å². The average Bonchev–Trinajstić information content (AvgIpc) is 2.92. The lowest BCUT2D eigenvalue weighted by Gasteiger charge is -2.41. The van der Waals surface area contributed by atoms with E-state index >= 15 is 0 Å². The first kappa shape index (κ1) is 16.1. The molecule has 0 radical (unpaired) electrons. The smallest absolute Gasteiger partial charge is 0.166 e. The molecular weight excluding hydrogens is 318 g/mol. The number of likely N-dealkylation sites (N-methyl/N-ethyl adjacent to an activating group) is 1. The van der Waals surface area contributed by atoms with E-state index in [1.165, 1.54) is 22.4 Å². The van der Waals surface area contributed by atoms with Gasteiger partial charge in [-0.05, 0) is 23.8 Å².